The van der Waals surface area contributed by atoms with E-state index in [2.05, 4.69) is 11.1 Å². The summed E-state index contributed by atoms with van der Waals surface area (Å²) in [6, 6.07) is 10.0. The van der Waals surface area contributed by atoms with Crippen LogP contribution in [-0.4, -0.2) is 11.3 Å². The van der Waals surface area contributed by atoms with Gasteiger partial charge in [-0.3, -0.25) is 4.79 Å². The number of hydrogen-bond donors (Lipinski definition) is 0. The molecule has 0 N–H and O–H groups in total. The highest BCUT2D eigenvalue weighted by Crippen LogP contribution is 2.41. The zero-order valence-electron chi connectivity index (χ0n) is 8.31. The van der Waals surface area contributed by atoms with Gasteiger partial charge in [-0.1, -0.05) is 18.2 Å². The Balaban J connectivity index is 2.28. The standard InChI is InChI=1S/C13H11NO/c15-8-13-11(9-5-6-9)7-10-3-1-2-4-12(10)14-13/h1-4,7-9H,5-6H2. The molecule has 1 saturated carbocycles. The Bertz CT molecular complexity index is 529. The lowest BCUT2D eigenvalue weighted by atomic mass is 10.1. The molecule has 0 aliphatic heterocycles. The van der Waals surface area contributed by atoms with Crippen molar-refractivity contribution in [2.24, 2.45) is 0 Å². The van der Waals surface area contributed by atoms with Crippen LogP contribution >= 0.6 is 0 Å². The van der Waals surface area contributed by atoms with Gasteiger partial charge in [0.1, 0.15) is 5.69 Å². The highest BCUT2D eigenvalue weighted by atomic mass is 16.1. The summed E-state index contributed by atoms with van der Waals surface area (Å²) in [6.07, 6.45) is 3.27. The second-order valence-electron chi connectivity index (χ2n) is 4.05. The van der Waals surface area contributed by atoms with Crippen LogP contribution in [0.2, 0.25) is 0 Å². The predicted octanol–water partition coefficient (Wildman–Crippen LogP) is 2.92. The molecular formula is C13H11NO. The fraction of sp³-hybridized carbons (Fsp3) is 0.231. The van der Waals surface area contributed by atoms with Gasteiger partial charge in [-0.05, 0) is 36.5 Å². The number of fused-ring (bicyclic) bond motifs is 1. The molecule has 0 radical (unpaired) electrons. The molecule has 1 aliphatic carbocycles. The van der Waals surface area contributed by atoms with Gasteiger partial charge in [0.05, 0.1) is 5.52 Å². The molecule has 1 heterocycles. The molecule has 0 saturated heterocycles. The lowest BCUT2D eigenvalue weighted by molar-refractivity contribution is 0.111. The molecular weight excluding hydrogens is 186 g/mol. The first-order valence-electron chi connectivity index (χ1n) is 5.23. The average molecular weight is 197 g/mol. The van der Waals surface area contributed by atoms with Crippen molar-refractivity contribution in [3.8, 4) is 0 Å². The van der Waals surface area contributed by atoms with Crippen LogP contribution in [0, 0.1) is 0 Å². The summed E-state index contributed by atoms with van der Waals surface area (Å²) in [7, 11) is 0. The molecule has 0 atom stereocenters. The minimum absolute atomic E-state index is 0.572. The van der Waals surface area contributed by atoms with Crippen molar-refractivity contribution >= 4 is 17.2 Å². The fourth-order valence-corrected chi connectivity index (χ4v) is 1.96. The van der Waals surface area contributed by atoms with Crippen LogP contribution in [0.1, 0.15) is 34.8 Å². The molecule has 0 amide bonds. The quantitative estimate of drug-likeness (QED) is 0.693. The zero-order valence-corrected chi connectivity index (χ0v) is 8.31. The van der Waals surface area contributed by atoms with Gasteiger partial charge in [0.25, 0.3) is 0 Å². The van der Waals surface area contributed by atoms with Crippen molar-refractivity contribution in [2.45, 2.75) is 18.8 Å². The number of aldehydes is 1. The SMILES string of the molecule is O=Cc1nc2ccccc2cc1C1CC1. The Morgan fingerprint density at radius 2 is 2.07 bits per heavy atom. The molecule has 1 aliphatic rings. The molecule has 0 bridgehead atoms. The van der Waals surface area contributed by atoms with Crippen LogP contribution in [-0.2, 0) is 0 Å². The molecule has 1 aromatic heterocycles. The van der Waals surface area contributed by atoms with Crippen LogP contribution in [0.4, 0.5) is 0 Å². The van der Waals surface area contributed by atoms with Gasteiger partial charge in [-0.25, -0.2) is 4.98 Å². The number of carbonyl (C=O) groups excluding carboxylic acids is 1. The summed E-state index contributed by atoms with van der Waals surface area (Å²) in [6.45, 7) is 0. The third-order valence-corrected chi connectivity index (χ3v) is 2.91. The Kier molecular flexibility index (Phi) is 1.81. The molecule has 1 fully saturated rings. The molecule has 74 valence electrons. The summed E-state index contributed by atoms with van der Waals surface area (Å²) in [4.78, 5) is 15.3. The molecule has 2 nitrogen and oxygen atoms in total. The largest absolute Gasteiger partial charge is 0.296 e. The van der Waals surface area contributed by atoms with Gasteiger partial charge in [-0.15, -0.1) is 0 Å². The van der Waals surface area contributed by atoms with Crippen molar-refractivity contribution in [2.75, 3.05) is 0 Å². The normalized spacial score (nSPS) is 15.5. The van der Waals surface area contributed by atoms with Gasteiger partial charge in [0.15, 0.2) is 6.29 Å². The van der Waals surface area contributed by atoms with Crippen LogP contribution in [0.25, 0.3) is 10.9 Å². The van der Waals surface area contributed by atoms with E-state index in [1.54, 1.807) is 0 Å². The van der Waals surface area contributed by atoms with E-state index in [0.717, 1.165) is 22.8 Å². The first-order chi connectivity index (χ1) is 7.38. The van der Waals surface area contributed by atoms with Gasteiger partial charge in [0, 0.05) is 5.39 Å². The summed E-state index contributed by atoms with van der Waals surface area (Å²) >= 11 is 0. The van der Waals surface area contributed by atoms with Crippen molar-refractivity contribution in [1.82, 2.24) is 4.98 Å². The lowest BCUT2D eigenvalue weighted by Crippen LogP contribution is -1.95. The molecule has 2 heteroatoms. The second kappa shape index (κ2) is 3.16. The number of nitrogens with zero attached hydrogens (tertiary/aromatic N) is 1. The fourth-order valence-electron chi connectivity index (χ4n) is 1.96. The average Bonchev–Trinajstić information content (AvgIpc) is 3.11. The summed E-state index contributed by atoms with van der Waals surface area (Å²) in [5.41, 5.74) is 2.66. The number of rotatable bonds is 2. The van der Waals surface area contributed by atoms with Gasteiger partial charge in [-0.2, -0.15) is 0 Å². The van der Waals surface area contributed by atoms with E-state index >= 15 is 0 Å². The lowest BCUT2D eigenvalue weighted by Gasteiger charge is -2.04. The van der Waals surface area contributed by atoms with E-state index < -0.39 is 0 Å². The van der Waals surface area contributed by atoms with Crippen molar-refractivity contribution in [3.63, 3.8) is 0 Å². The molecule has 2 aromatic rings. The van der Waals surface area contributed by atoms with Crippen LogP contribution < -0.4 is 0 Å². The van der Waals surface area contributed by atoms with Crippen LogP contribution in [0.15, 0.2) is 30.3 Å². The minimum atomic E-state index is 0.572. The maximum Gasteiger partial charge on any atom is 0.168 e. The van der Waals surface area contributed by atoms with Crippen molar-refractivity contribution in [3.05, 3.63) is 41.6 Å². The van der Waals surface area contributed by atoms with Crippen LogP contribution in [0.3, 0.4) is 0 Å². The topological polar surface area (TPSA) is 30.0 Å². The first-order valence-corrected chi connectivity index (χ1v) is 5.23. The maximum absolute atomic E-state index is 10.9. The number of para-hydroxylation sites is 1. The first kappa shape index (κ1) is 8.60. The monoisotopic (exact) mass is 197 g/mol. The molecule has 1 aromatic carbocycles. The molecule has 0 unspecified atom stereocenters. The zero-order chi connectivity index (χ0) is 10.3. The number of hydrogen-bond acceptors (Lipinski definition) is 2. The van der Waals surface area contributed by atoms with Gasteiger partial charge >= 0.3 is 0 Å². The van der Waals surface area contributed by atoms with Gasteiger partial charge < -0.3 is 0 Å². The number of benzene rings is 1. The van der Waals surface area contributed by atoms with E-state index in [1.165, 1.54) is 12.8 Å². The highest BCUT2D eigenvalue weighted by Gasteiger charge is 2.26. The Morgan fingerprint density at radius 3 is 2.80 bits per heavy atom. The van der Waals surface area contributed by atoms with E-state index in [-0.39, 0.29) is 0 Å². The summed E-state index contributed by atoms with van der Waals surface area (Å²) in [5, 5.41) is 1.13. The Hall–Kier alpha value is -1.70. The van der Waals surface area contributed by atoms with Crippen molar-refractivity contribution in [1.29, 1.82) is 0 Å². The number of aromatic nitrogens is 1. The molecule has 3 rings (SSSR count). The van der Waals surface area contributed by atoms with E-state index in [0.29, 0.717) is 11.6 Å². The van der Waals surface area contributed by atoms with Crippen molar-refractivity contribution < 1.29 is 4.79 Å². The minimum Gasteiger partial charge on any atom is -0.296 e. The third-order valence-electron chi connectivity index (χ3n) is 2.91. The van der Waals surface area contributed by atoms with Gasteiger partial charge in [0.2, 0.25) is 0 Å². The molecule has 0 spiro atoms. The number of carbonyl (C=O) groups is 1. The third kappa shape index (κ3) is 1.42. The van der Waals surface area contributed by atoms with E-state index in [1.807, 2.05) is 24.3 Å². The summed E-state index contributed by atoms with van der Waals surface area (Å²) in [5.74, 6) is 0.572. The Morgan fingerprint density at radius 1 is 1.27 bits per heavy atom. The Labute approximate surface area is 87.9 Å². The maximum atomic E-state index is 10.9. The van der Waals surface area contributed by atoms with E-state index in [4.69, 9.17) is 0 Å². The molecule has 15 heavy (non-hydrogen) atoms. The second-order valence-corrected chi connectivity index (χ2v) is 4.05. The number of pyridine rings is 1. The predicted molar refractivity (Wildman–Crippen MR) is 59.1 cm³/mol. The highest BCUT2D eigenvalue weighted by molar-refractivity contribution is 5.85. The van der Waals surface area contributed by atoms with Crippen LogP contribution in [0.5, 0.6) is 0 Å². The van der Waals surface area contributed by atoms with E-state index in [9.17, 15) is 4.79 Å². The smallest absolute Gasteiger partial charge is 0.168 e. The summed E-state index contributed by atoms with van der Waals surface area (Å²) < 4.78 is 0.